The van der Waals surface area contributed by atoms with E-state index in [1.54, 1.807) is 12.1 Å². The van der Waals surface area contributed by atoms with Crippen LogP contribution in [0.2, 0.25) is 0 Å². The molecule has 5 nitrogen and oxygen atoms in total. The van der Waals surface area contributed by atoms with Crippen LogP contribution in [0.5, 0.6) is 5.75 Å². The summed E-state index contributed by atoms with van der Waals surface area (Å²) in [6.07, 6.45) is 5.61. The number of nitrogens with one attached hydrogen (secondary N) is 1. The van der Waals surface area contributed by atoms with Crippen molar-refractivity contribution >= 4 is 17.6 Å². The van der Waals surface area contributed by atoms with Crippen molar-refractivity contribution < 1.29 is 19.1 Å². The molecule has 0 bridgehead atoms. The van der Waals surface area contributed by atoms with E-state index in [0.717, 1.165) is 12.2 Å². The molecular formula is C20H27NO4. The Bertz CT molecular complexity index is 609. The Morgan fingerprint density at radius 1 is 1.12 bits per heavy atom. The van der Waals surface area contributed by atoms with Crippen LogP contribution in [0.25, 0.3) is 0 Å². The van der Waals surface area contributed by atoms with Crippen LogP contribution in [0, 0.1) is 11.8 Å². The van der Waals surface area contributed by atoms with E-state index in [-0.39, 0.29) is 18.0 Å². The molecule has 1 aromatic rings. The van der Waals surface area contributed by atoms with Gasteiger partial charge in [0.05, 0.1) is 24.5 Å². The molecule has 1 N–H and O–H groups in total. The number of hydrogen-bond donors (Lipinski definition) is 1. The van der Waals surface area contributed by atoms with Crippen LogP contribution < -0.4 is 10.1 Å². The highest BCUT2D eigenvalue weighted by Crippen LogP contribution is 2.29. The zero-order valence-corrected chi connectivity index (χ0v) is 15.2. The molecule has 3 atom stereocenters. The maximum Gasteiger partial charge on any atom is 0.310 e. The molecule has 1 aliphatic carbocycles. The van der Waals surface area contributed by atoms with Crippen molar-refractivity contribution in [2.45, 2.75) is 46.1 Å². The van der Waals surface area contributed by atoms with Gasteiger partial charge < -0.3 is 14.8 Å². The predicted octanol–water partition coefficient (Wildman–Crippen LogP) is 3.95. The molecule has 136 valence electrons. The van der Waals surface area contributed by atoms with Gasteiger partial charge in [-0.3, -0.25) is 9.59 Å². The first-order valence-electron chi connectivity index (χ1n) is 8.94. The van der Waals surface area contributed by atoms with Gasteiger partial charge in [0.25, 0.3) is 0 Å². The fourth-order valence-corrected chi connectivity index (χ4v) is 2.77. The summed E-state index contributed by atoms with van der Waals surface area (Å²) in [5.74, 6) is -0.518. The number of benzene rings is 1. The highest BCUT2D eigenvalue weighted by Gasteiger charge is 2.35. The van der Waals surface area contributed by atoms with Gasteiger partial charge in [-0.1, -0.05) is 19.1 Å². The molecule has 25 heavy (non-hydrogen) atoms. The average molecular weight is 345 g/mol. The second-order valence-electron chi connectivity index (χ2n) is 6.26. The van der Waals surface area contributed by atoms with Crippen LogP contribution in [0.4, 0.5) is 5.69 Å². The zero-order valence-electron chi connectivity index (χ0n) is 15.2. The number of carbonyl (C=O) groups excluding carboxylic acids is 2. The molecule has 1 amide bonds. The van der Waals surface area contributed by atoms with Crippen LogP contribution in [-0.4, -0.2) is 24.6 Å². The number of allylic oxidation sites excluding steroid dienone is 2. The third kappa shape index (κ3) is 5.34. The lowest BCUT2D eigenvalue weighted by molar-refractivity contribution is -0.157. The molecule has 1 aromatic carbocycles. The number of anilines is 1. The molecule has 5 heteroatoms. The molecule has 0 heterocycles. The number of hydrogen-bond acceptors (Lipinski definition) is 4. The SMILES string of the molecule is CCOc1ccc(NC(=O)[C@H]2CC=CC[C@@H]2C(=O)O[C@H](C)CC)cc1. The minimum atomic E-state index is -0.429. The Balaban J connectivity index is 2.02. The van der Waals surface area contributed by atoms with E-state index in [1.165, 1.54) is 0 Å². The van der Waals surface area contributed by atoms with E-state index in [1.807, 2.05) is 45.1 Å². The van der Waals surface area contributed by atoms with Crippen molar-refractivity contribution in [2.24, 2.45) is 11.8 Å². The summed E-state index contributed by atoms with van der Waals surface area (Å²) in [7, 11) is 0. The number of esters is 1. The molecule has 2 rings (SSSR count). The minimum absolute atomic E-state index is 0.131. The van der Waals surface area contributed by atoms with Crippen LogP contribution >= 0.6 is 0 Å². The van der Waals surface area contributed by atoms with Gasteiger partial charge in [0.15, 0.2) is 0 Å². The quantitative estimate of drug-likeness (QED) is 0.600. The van der Waals surface area contributed by atoms with Gasteiger partial charge in [0, 0.05) is 5.69 Å². The van der Waals surface area contributed by atoms with Crippen molar-refractivity contribution in [3.63, 3.8) is 0 Å². The van der Waals surface area contributed by atoms with Crippen molar-refractivity contribution in [2.75, 3.05) is 11.9 Å². The first-order valence-corrected chi connectivity index (χ1v) is 8.94. The fourth-order valence-electron chi connectivity index (χ4n) is 2.77. The van der Waals surface area contributed by atoms with Crippen molar-refractivity contribution in [3.05, 3.63) is 36.4 Å². The largest absolute Gasteiger partial charge is 0.494 e. The third-order valence-corrected chi connectivity index (χ3v) is 4.40. The minimum Gasteiger partial charge on any atom is -0.494 e. The summed E-state index contributed by atoms with van der Waals surface area (Å²) in [6, 6.07) is 7.23. The molecule has 0 aliphatic heterocycles. The predicted molar refractivity (Wildman–Crippen MR) is 97.4 cm³/mol. The summed E-state index contributed by atoms with van der Waals surface area (Å²) >= 11 is 0. The number of ether oxygens (including phenoxy) is 2. The highest BCUT2D eigenvalue weighted by atomic mass is 16.5. The topological polar surface area (TPSA) is 64.6 Å². The van der Waals surface area contributed by atoms with Gasteiger partial charge in [-0.15, -0.1) is 0 Å². The monoisotopic (exact) mass is 345 g/mol. The van der Waals surface area contributed by atoms with Crippen LogP contribution in [-0.2, 0) is 14.3 Å². The lowest BCUT2D eigenvalue weighted by atomic mass is 9.82. The summed E-state index contributed by atoms with van der Waals surface area (Å²) in [5, 5.41) is 2.90. The lowest BCUT2D eigenvalue weighted by Gasteiger charge is -2.27. The average Bonchev–Trinajstić information content (AvgIpc) is 2.63. The second-order valence-corrected chi connectivity index (χ2v) is 6.26. The van der Waals surface area contributed by atoms with E-state index >= 15 is 0 Å². The molecule has 0 saturated heterocycles. The van der Waals surface area contributed by atoms with E-state index in [4.69, 9.17) is 9.47 Å². The van der Waals surface area contributed by atoms with Gasteiger partial charge in [0.2, 0.25) is 5.91 Å². The Labute approximate surface area is 149 Å². The fraction of sp³-hybridized carbons (Fsp3) is 0.500. The van der Waals surface area contributed by atoms with Crippen LogP contribution in [0.1, 0.15) is 40.0 Å². The summed E-state index contributed by atoms with van der Waals surface area (Å²) in [6.45, 7) is 6.35. The van der Waals surface area contributed by atoms with Crippen LogP contribution in [0.15, 0.2) is 36.4 Å². The van der Waals surface area contributed by atoms with Gasteiger partial charge in [0.1, 0.15) is 5.75 Å². The number of rotatable bonds is 7. The summed E-state index contributed by atoms with van der Waals surface area (Å²) in [5.41, 5.74) is 0.692. The maximum absolute atomic E-state index is 12.7. The molecule has 0 saturated carbocycles. The Morgan fingerprint density at radius 2 is 1.76 bits per heavy atom. The van der Waals surface area contributed by atoms with Gasteiger partial charge >= 0.3 is 5.97 Å². The van der Waals surface area contributed by atoms with E-state index in [9.17, 15) is 9.59 Å². The second kappa shape index (κ2) is 9.25. The summed E-state index contributed by atoms with van der Waals surface area (Å²) in [4.78, 5) is 25.1. The van der Waals surface area contributed by atoms with Crippen molar-refractivity contribution in [1.82, 2.24) is 0 Å². The standard InChI is InChI=1S/C20H27NO4/c1-4-14(3)25-20(23)18-9-7-6-8-17(18)19(22)21-15-10-12-16(13-11-15)24-5-2/h6-7,10-14,17-18H,4-5,8-9H2,1-3H3,(H,21,22)/t14-,17+,18+/m1/s1. The molecule has 0 radical (unpaired) electrons. The van der Waals surface area contributed by atoms with E-state index in [0.29, 0.717) is 25.1 Å². The number of carbonyl (C=O) groups is 2. The lowest BCUT2D eigenvalue weighted by Crippen LogP contribution is -2.36. The van der Waals surface area contributed by atoms with E-state index < -0.39 is 11.8 Å². The Morgan fingerprint density at radius 3 is 2.36 bits per heavy atom. The summed E-state index contributed by atoms with van der Waals surface area (Å²) < 4.78 is 10.8. The van der Waals surface area contributed by atoms with Gasteiger partial charge in [-0.05, 0) is 57.4 Å². The van der Waals surface area contributed by atoms with Crippen LogP contribution in [0.3, 0.4) is 0 Å². The molecule has 0 spiro atoms. The normalized spacial score (nSPS) is 20.6. The first kappa shape index (κ1) is 19.0. The molecule has 0 unspecified atom stereocenters. The zero-order chi connectivity index (χ0) is 18.2. The smallest absolute Gasteiger partial charge is 0.310 e. The molecular weight excluding hydrogens is 318 g/mol. The number of amides is 1. The van der Waals surface area contributed by atoms with Crippen molar-refractivity contribution in [3.8, 4) is 5.75 Å². The molecule has 1 aliphatic rings. The first-order chi connectivity index (χ1) is 12.0. The Kier molecular flexibility index (Phi) is 7.04. The van der Waals surface area contributed by atoms with Gasteiger partial charge in [-0.25, -0.2) is 0 Å². The van der Waals surface area contributed by atoms with E-state index in [2.05, 4.69) is 5.32 Å². The molecule has 0 fully saturated rings. The third-order valence-electron chi connectivity index (χ3n) is 4.40. The van der Waals surface area contributed by atoms with Gasteiger partial charge in [-0.2, -0.15) is 0 Å². The van der Waals surface area contributed by atoms with Crippen molar-refractivity contribution in [1.29, 1.82) is 0 Å². The Hall–Kier alpha value is -2.30. The highest BCUT2D eigenvalue weighted by molar-refractivity contribution is 5.95. The molecule has 0 aromatic heterocycles. The maximum atomic E-state index is 12.7.